The highest BCUT2D eigenvalue weighted by Gasteiger charge is 2.31. The van der Waals surface area contributed by atoms with Crippen LogP contribution in [0.15, 0.2) is 71.8 Å². The third-order valence-electron chi connectivity index (χ3n) is 5.56. The highest BCUT2D eigenvalue weighted by Crippen LogP contribution is 2.33. The largest absolute Gasteiger partial charge is 0.480 e. The number of ether oxygens (including phenoxy) is 1. The van der Waals surface area contributed by atoms with Crippen LogP contribution in [0.3, 0.4) is 0 Å². The number of methoxy groups -OCH3 is 1. The standard InChI is InChI=1S/C26H21F5N6O3S/c1-40-23-18(13-33-24(37-23)34-16-4-3-5-17(12-16)41(2,32)39)14-6-9-21(20(28)10-14)35-25(38)36-22-11-15(26(29,30)31)7-8-19(22)27/h3-13,32H,1-2H3,(H,33,34,37)(H2,35,36,38). The lowest BCUT2D eigenvalue weighted by Crippen LogP contribution is -2.21. The van der Waals surface area contributed by atoms with Gasteiger partial charge >= 0.3 is 12.2 Å². The number of rotatable bonds is 7. The number of aromatic nitrogens is 2. The zero-order chi connectivity index (χ0) is 29.9. The van der Waals surface area contributed by atoms with Crippen LogP contribution in [0.2, 0.25) is 0 Å². The fraction of sp³-hybridized carbons (Fsp3) is 0.115. The summed E-state index contributed by atoms with van der Waals surface area (Å²) in [5.41, 5.74) is -1.21. The van der Waals surface area contributed by atoms with E-state index in [0.29, 0.717) is 28.8 Å². The quantitative estimate of drug-likeness (QED) is 0.173. The molecule has 0 saturated heterocycles. The first-order valence-electron chi connectivity index (χ1n) is 11.5. The van der Waals surface area contributed by atoms with E-state index >= 15 is 0 Å². The smallest absolute Gasteiger partial charge is 0.416 e. The van der Waals surface area contributed by atoms with Crippen molar-refractivity contribution in [1.29, 1.82) is 4.78 Å². The molecule has 0 aliphatic carbocycles. The highest BCUT2D eigenvalue weighted by atomic mass is 32.2. The monoisotopic (exact) mass is 592 g/mol. The van der Waals surface area contributed by atoms with Gasteiger partial charge in [0.15, 0.2) is 0 Å². The fourth-order valence-corrected chi connectivity index (χ4v) is 4.27. The summed E-state index contributed by atoms with van der Waals surface area (Å²) >= 11 is 0. The molecule has 0 fully saturated rings. The van der Waals surface area contributed by atoms with Gasteiger partial charge in [0.1, 0.15) is 11.6 Å². The number of hydrogen-bond acceptors (Lipinski definition) is 7. The molecular weight excluding hydrogens is 571 g/mol. The maximum atomic E-state index is 14.9. The molecule has 2 amide bonds. The van der Waals surface area contributed by atoms with Gasteiger partial charge in [-0.15, -0.1) is 0 Å². The second-order valence-corrected chi connectivity index (χ2v) is 10.7. The van der Waals surface area contributed by atoms with Crippen molar-refractivity contribution < 1.29 is 35.7 Å². The van der Waals surface area contributed by atoms with Gasteiger partial charge < -0.3 is 20.7 Å². The summed E-state index contributed by atoms with van der Waals surface area (Å²) in [6.07, 6.45) is -2.10. The molecule has 1 aromatic heterocycles. The van der Waals surface area contributed by atoms with Crippen LogP contribution >= 0.6 is 0 Å². The summed E-state index contributed by atoms with van der Waals surface area (Å²) in [7, 11) is -1.60. The van der Waals surface area contributed by atoms with Gasteiger partial charge in [0.25, 0.3) is 0 Å². The summed E-state index contributed by atoms with van der Waals surface area (Å²) in [5.74, 6) is -1.85. The van der Waals surface area contributed by atoms with Crippen molar-refractivity contribution in [3.63, 3.8) is 0 Å². The summed E-state index contributed by atoms with van der Waals surface area (Å²) in [5, 5.41) is 6.98. The van der Waals surface area contributed by atoms with E-state index in [0.717, 1.165) is 6.07 Å². The number of carbonyl (C=O) groups excluding carboxylic acids is 1. The van der Waals surface area contributed by atoms with Gasteiger partial charge in [0.2, 0.25) is 11.8 Å². The molecule has 0 saturated carbocycles. The predicted octanol–water partition coefficient (Wildman–Crippen LogP) is 6.87. The molecular formula is C26H21F5N6O3S. The maximum Gasteiger partial charge on any atom is 0.416 e. The average molecular weight is 593 g/mol. The Morgan fingerprint density at radius 2 is 1.71 bits per heavy atom. The lowest BCUT2D eigenvalue weighted by Gasteiger charge is -2.13. The van der Waals surface area contributed by atoms with E-state index in [2.05, 4.69) is 20.6 Å². The first-order valence-corrected chi connectivity index (χ1v) is 13.5. The molecule has 0 aliphatic rings. The molecule has 0 bridgehead atoms. The molecule has 4 N–H and O–H groups in total. The van der Waals surface area contributed by atoms with E-state index in [1.807, 2.05) is 5.32 Å². The summed E-state index contributed by atoms with van der Waals surface area (Å²) in [4.78, 5) is 21.0. The molecule has 41 heavy (non-hydrogen) atoms. The molecule has 0 aliphatic heterocycles. The number of nitrogens with zero attached hydrogens (tertiary/aromatic N) is 2. The Morgan fingerprint density at radius 1 is 0.976 bits per heavy atom. The summed E-state index contributed by atoms with van der Waals surface area (Å²) in [6, 6.07) is 10.4. The number of carbonyl (C=O) groups is 1. The van der Waals surface area contributed by atoms with Crippen molar-refractivity contribution in [3.05, 3.63) is 84.1 Å². The second kappa shape index (κ2) is 11.4. The van der Waals surface area contributed by atoms with Crippen LogP contribution in [-0.2, 0) is 15.9 Å². The zero-order valence-electron chi connectivity index (χ0n) is 21.3. The first-order chi connectivity index (χ1) is 19.2. The minimum atomic E-state index is -4.75. The SMILES string of the molecule is COc1nc(Nc2cccc(S(C)(=N)=O)c2)ncc1-c1ccc(NC(=O)Nc2cc(C(F)(F)F)ccc2F)c(F)c1. The Balaban J connectivity index is 1.51. The molecule has 1 unspecified atom stereocenters. The number of alkyl halides is 3. The van der Waals surface area contributed by atoms with Crippen molar-refractivity contribution in [2.75, 3.05) is 29.3 Å². The maximum absolute atomic E-state index is 14.9. The normalized spacial score (nSPS) is 12.8. The van der Waals surface area contributed by atoms with Gasteiger partial charge in [0.05, 0.1) is 39.3 Å². The molecule has 3 aromatic carbocycles. The van der Waals surface area contributed by atoms with Crippen LogP contribution in [0.25, 0.3) is 11.1 Å². The minimum absolute atomic E-state index is 0.0660. The number of amides is 2. The fourth-order valence-electron chi connectivity index (χ4n) is 3.58. The lowest BCUT2D eigenvalue weighted by molar-refractivity contribution is -0.137. The molecule has 9 nitrogen and oxygen atoms in total. The molecule has 214 valence electrons. The molecule has 1 heterocycles. The molecule has 15 heteroatoms. The zero-order valence-corrected chi connectivity index (χ0v) is 22.1. The molecule has 4 aromatic rings. The Morgan fingerprint density at radius 3 is 2.37 bits per heavy atom. The van der Waals surface area contributed by atoms with E-state index in [-0.39, 0.29) is 28.6 Å². The summed E-state index contributed by atoms with van der Waals surface area (Å²) < 4.78 is 92.6. The third kappa shape index (κ3) is 7.05. The summed E-state index contributed by atoms with van der Waals surface area (Å²) in [6.45, 7) is 0. The van der Waals surface area contributed by atoms with Crippen LogP contribution < -0.4 is 20.7 Å². The van der Waals surface area contributed by atoms with Gasteiger partial charge in [-0.05, 0) is 54.1 Å². The van der Waals surface area contributed by atoms with Gasteiger partial charge in [-0.2, -0.15) is 18.2 Å². The van der Waals surface area contributed by atoms with E-state index in [4.69, 9.17) is 9.52 Å². The van der Waals surface area contributed by atoms with E-state index in [1.165, 1.54) is 37.8 Å². The number of nitrogens with one attached hydrogen (secondary N) is 4. The third-order valence-corrected chi connectivity index (χ3v) is 6.71. The first kappa shape index (κ1) is 29.2. The van der Waals surface area contributed by atoms with Crippen molar-refractivity contribution in [2.45, 2.75) is 11.1 Å². The van der Waals surface area contributed by atoms with Crippen LogP contribution in [-0.4, -0.2) is 33.6 Å². The van der Waals surface area contributed by atoms with Crippen molar-refractivity contribution in [3.8, 4) is 17.0 Å². The highest BCUT2D eigenvalue weighted by molar-refractivity contribution is 7.91. The topological polar surface area (TPSA) is 129 Å². The molecule has 4 rings (SSSR count). The molecule has 1 atom stereocenters. The second-order valence-electron chi connectivity index (χ2n) is 8.58. The number of benzene rings is 3. The van der Waals surface area contributed by atoms with Gasteiger partial charge in [0, 0.05) is 23.0 Å². The van der Waals surface area contributed by atoms with Crippen LogP contribution in [0.4, 0.5) is 49.8 Å². The van der Waals surface area contributed by atoms with Crippen molar-refractivity contribution in [2.24, 2.45) is 0 Å². The Hall–Kier alpha value is -4.79. The average Bonchev–Trinajstić information content (AvgIpc) is 2.90. The Kier molecular flexibility index (Phi) is 8.10. The van der Waals surface area contributed by atoms with Crippen LogP contribution in [0.5, 0.6) is 5.88 Å². The minimum Gasteiger partial charge on any atom is -0.480 e. The van der Waals surface area contributed by atoms with Crippen LogP contribution in [0.1, 0.15) is 5.56 Å². The van der Waals surface area contributed by atoms with E-state index < -0.39 is 44.8 Å². The van der Waals surface area contributed by atoms with Gasteiger partial charge in [-0.1, -0.05) is 12.1 Å². The number of urea groups is 1. The van der Waals surface area contributed by atoms with Crippen LogP contribution in [0, 0.1) is 16.4 Å². The van der Waals surface area contributed by atoms with Gasteiger partial charge in [-0.25, -0.2) is 27.5 Å². The predicted molar refractivity (Wildman–Crippen MR) is 143 cm³/mol. The molecule has 0 radical (unpaired) electrons. The Bertz CT molecular complexity index is 1730. The lowest BCUT2D eigenvalue weighted by atomic mass is 10.1. The number of halogens is 5. The molecule has 0 spiro atoms. The van der Waals surface area contributed by atoms with E-state index in [9.17, 15) is 31.0 Å². The number of anilines is 4. The van der Waals surface area contributed by atoms with Gasteiger partial charge in [-0.3, -0.25) is 0 Å². The number of hydrogen-bond donors (Lipinski definition) is 4. The van der Waals surface area contributed by atoms with Crippen molar-refractivity contribution in [1.82, 2.24) is 9.97 Å². The van der Waals surface area contributed by atoms with E-state index in [1.54, 1.807) is 18.2 Å². The Labute approximate surface area is 230 Å². The van der Waals surface area contributed by atoms with Crippen molar-refractivity contribution >= 4 is 38.8 Å².